The zero-order valence-electron chi connectivity index (χ0n) is 18.5. The van der Waals surface area contributed by atoms with E-state index in [0.29, 0.717) is 46.6 Å². The van der Waals surface area contributed by atoms with E-state index in [9.17, 15) is 4.79 Å². The van der Waals surface area contributed by atoms with E-state index in [-0.39, 0.29) is 23.4 Å². The lowest BCUT2D eigenvalue weighted by Gasteiger charge is -2.40. The Kier molecular flexibility index (Phi) is 6.15. The number of halogens is 2. The molecule has 0 aliphatic carbocycles. The third-order valence-corrected chi connectivity index (χ3v) is 6.46. The van der Waals surface area contributed by atoms with Crippen molar-refractivity contribution >= 4 is 34.6 Å². The molecule has 0 unspecified atom stereocenters. The molecule has 34 heavy (non-hydrogen) atoms. The van der Waals surface area contributed by atoms with Crippen LogP contribution in [0.4, 0.5) is 10.4 Å². The average molecular weight is 480 g/mol. The van der Waals surface area contributed by atoms with Crippen molar-refractivity contribution in [2.75, 3.05) is 18.4 Å². The molecule has 174 valence electrons. The molecule has 4 aromatic rings. The van der Waals surface area contributed by atoms with E-state index in [1.807, 2.05) is 0 Å². The number of carbonyl (C=O) groups is 1. The molecule has 7 nitrogen and oxygen atoms in total. The summed E-state index contributed by atoms with van der Waals surface area (Å²) in [5.41, 5.74) is 1.64. The number of hydrogen-bond donors (Lipinski definition) is 1. The van der Waals surface area contributed by atoms with Crippen molar-refractivity contribution in [3.63, 3.8) is 0 Å². The third-order valence-electron chi connectivity index (χ3n) is 6.22. The highest BCUT2D eigenvalue weighted by Crippen LogP contribution is 2.30. The second-order valence-electron chi connectivity index (χ2n) is 8.43. The number of piperidine rings is 1. The predicted octanol–water partition coefficient (Wildman–Crippen LogP) is 5.43. The van der Waals surface area contributed by atoms with Gasteiger partial charge in [-0.15, -0.1) is 0 Å². The van der Waals surface area contributed by atoms with Crippen LogP contribution in [0.1, 0.15) is 30.1 Å². The number of benzene rings is 2. The highest BCUT2D eigenvalue weighted by Gasteiger charge is 2.35. The fraction of sp³-hybridized carbons (Fsp3) is 0.280. The number of carbonyl (C=O) groups excluding carboxylic acids is 1. The number of rotatable bonds is 5. The summed E-state index contributed by atoms with van der Waals surface area (Å²) in [6, 6.07) is 11.6. The highest BCUT2D eigenvalue weighted by molar-refractivity contribution is 6.31. The molecule has 5 rings (SSSR count). The van der Waals surface area contributed by atoms with Gasteiger partial charge in [0.25, 0.3) is 11.9 Å². The predicted molar refractivity (Wildman–Crippen MR) is 128 cm³/mol. The van der Waals surface area contributed by atoms with Crippen LogP contribution in [-0.2, 0) is 0 Å². The Labute approximate surface area is 201 Å². The topological polar surface area (TPSA) is 84.2 Å². The van der Waals surface area contributed by atoms with Crippen LogP contribution in [-0.4, -0.2) is 44.9 Å². The molecule has 0 radical (unpaired) electrons. The van der Waals surface area contributed by atoms with Gasteiger partial charge < -0.3 is 14.6 Å². The van der Waals surface area contributed by atoms with Gasteiger partial charge in [-0.05, 0) is 49.1 Å². The third kappa shape index (κ3) is 4.33. The van der Waals surface area contributed by atoms with Gasteiger partial charge in [0.05, 0.1) is 11.6 Å². The minimum absolute atomic E-state index is 0.00990. The summed E-state index contributed by atoms with van der Waals surface area (Å²) < 4.78 is 20.8. The van der Waals surface area contributed by atoms with Crippen LogP contribution in [0, 0.1) is 11.7 Å². The van der Waals surface area contributed by atoms with E-state index in [0.717, 1.165) is 12.8 Å². The van der Waals surface area contributed by atoms with Crippen molar-refractivity contribution in [3.05, 3.63) is 71.3 Å². The molecule has 2 atom stereocenters. The number of hydrogen-bond acceptors (Lipinski definition) is 6. The monoisotopic (exact) mass is 479 g/mol. The van der Waals surface area contributed by atoms with Gasteiger partial charge in [-0.25, -0.2) is 14.4 Å². The Morgan fingerprint density at radius 1 is 1.24 bits per heavy atom. The van der Waals surface area contributed by atoms with E-state index < -0.39 is 5.82 Å². The Hall–Kier alpha value is -3.52. The molecule has 3 heterocycles. The molecule has 2 aromatic heterocycles. The first-order chi connectivity index (χ1) is 16.5. The maximum absolute atomic E-state index is 15.0. The van der Waals surface area contributed by atoms with E-state index in [1.165, 1.54) is 6.07 Å². The van der Waals surface area contributed by atoms with Gasteiger partial charge in [0.2, 0.25) is 0 Å². The fourth-order valence-electron chi connectivity index (χ4n) is 4.49. The average Bonchev–Trinajstić information content (AvgIpc) is 3.25. The molecule has 0 bridgehead atoms. The van der Waals surface area contributed by atoms with Crippen LogP contribution >= 0.6 is 11.6 Å². The Morgan fingerprint density at radius 2 is 2.06 bits per heavy atom. The number of nitrogens with zero attached hydrogens (tertiary/aromatic N) is 4. The molecule has 1 saturated heterocycles. The zero-order chi connectivity index (χ0) is 23.7. The lowest BCUT2D eigenvalue weighted by atomic mass is 9.89. The summed E-state index contributed by atoms with van der Waals surface area (Å²) >= 11 is 6.04. The summed E-state index contributed by atoms with van der Waals surface area (Å²) in [6.45, 7) is 3.04. The number of nitrogens with one attached hydrogen (secondary N) is 1. The lowest BCUT2D eigenvalue weighted by molar-refractivity contribution is 0.0535. The summed E-state index contributed by atoms with van der Waals surface area (Å²) in [4.78, 5) is 28.3. The van der Waals surface area contributed by atoms with Crippen LogP contribution in [0.15, 0.2) is 59.3 Å². The van der Waals surface area contributed by atoms with Gasteiger partial charge in [-0.1, -0.05) is 30.7 Å². The van der Waals surface area contributed by atoms with Crippen molar-refractivity contribution in [3.8, 4) is 11.4 Å². The number of likely N-dealkylation sites (tertiary alicyclic amines) is 1. The van der Waals surface area contributed by atoms with Gasteiger partial charge >= 0.3 is 0 Å². The lowest BCUT2D eigenvalue weighted by Crippen LogP contribution is -2.51. The summed E-state index contributed by atoms with van der Waals surface area (Å²) in [5.74, 6) is -0.443. The molecule has 2 aromatic carbocycles. The zero-order valence-corrected chi connectivity index (χ0v) is 19.3. The van der Waals surface area contributed by atoms with Crippen LogP contribution in [0.3, 0.4) is 0 Å². The van der Waals surface area contributed by atoms with Crippen LogP contribution < -0.4 is 5.32 Å². The second kappa shape index (κ2) is 9.38. The Balaban J connectivity index is 1.42. The number of oxazole rings is 1. The summed E-state index contributed by atoms with van der Waals surface area (Å²) in [7, 11) is 0. The van der Waals surface area contributed by atoms with Gasteiger partial charge in [-0.2, -0.15) is 4.98 Å². The molecule has 1 N–H and O–H groups in total. The number of fused-ring (bicyclic) bond motifs is 1. The first kappa shape index (κ1) is 22.3. The van der Waals surface area contributed by atoms with E-state index in [2.05, 4.69) is 27.2 Å². The second-order valence-corrected chi connectivity index (χ2v) is 8.87. The minimum Gasteiger partial charge on any atom is -0.424 e. The summed E-state index contributed by atoms with van der Waals surface area (Å²) in [6.07, 6.45) is 4.96. The fourth-order valence-corrected chi connectivity index (χ4v) is 4.66. The van der Waals surface area contributed by atoms with Crippen molar-refractivity contribution in [1.82, 2.24) is 19.9 Å². The molecule has 1 aliphatic heterocycles. The van der Waals surface area contributed by atoms with Crippen molar-refractivity contribution in [2.24, 2.45) is 5.92 Å². The molecule has 9 heteroatoms. The maximum Gasteiger partial charge on any atom is 0.295 e. The van der Waals surface area contributed by atoms with Crippen LogP contribution in [0.2, 0.25) is 5.02 Å². The van der Waals surface area contributed by atoms with Crippen LogP contribution in [0.5, 0.6) is 0 Å². The molecular weight excluding hydrogens is 457 g/mol. The van der Waals surface area contributed by atoms with E-state index in [4.69, 9.17) is 16.0 Å². The van der Waals surface area contributed by atoms with Crippen LogP contribution in [0.25, 0.3) is 22.5 Å². The van der Waals surface area contributed by atoms with Crippen molar-refractivity contribution in [1.29, 1.82) is 0 Å². The first-order valence-electron chi connectivity index (χ1n) is 11.2. The van der Waals surface area contributed by atoms with Crippen molar-refractivity contribution in [2.45, 2.75) is 25.8 Å². The molecule has 0 saturated carbocycles. The Morgan fingerprint density at radius 3 is 2.88 bits per heavy atom. The normalized spacial score (nSPS) is 18.3. The first-order valence-corrected chi connectivity index (χ1v) is 11.6. The van der Waals surface area contributed by atoms with Gasteiger partial charge in [0.1, 0.15) is 11.3 Å². The number of amides is 1. The maximum atomic E-state index is 15.0. The largest absolute Gasteiger partial charge is 0.424 e. The highest BCUT2D eigenvalue weighted by atomic mass is 35.5. The smallest absolute Gasteiger partial charge is 0.295 e. The summed E-state index contributed by atoms with van der Waals surface area (Å²) in [5, 5.41) is 3.79. The van der Waals surface area contributed by atoms with E-state index in [1.54, 1.807) is 53.7 Å². The molecule has 1 aliphatic rings. The Bertz CT molecular complexity index is 1330. The van der Waals surface area contributed by atoms with Crippen molar-refractivity contribution < 1.29 is 13.6 Å². The number of aromatic nitrogens is 3. The quantitative estimate of drug-likeness (QED) is 0.411. The van der Waals surface area contributed by atoms with E-state index >= 15 is 4.39 Å². The molecular formula is C25H23ClFN5O2. The SMILES string of the molecule is C[C@@H]1CCCN(C(=O)c2c(F)cccc2-c2ncccn2)[C@@H]1CNc1nc2cc(Cl)ccc2o1. The number of anilines is 1. The van der Waals surface area contributed by atoms with Gasteiger partial charge in [0, 0.05) is 36.1 Å². The van der Waals surface area contributed by atoms with Gasteiger partial charge in [-0.3, -0.25) is 4.79 Å². The molecule has 1 fully saturated rings. The molecule has 1 amide bonds. The standard InChI is InChI=1S/C25H23ClFN5O2/c1-15-5-3-12-32(20(15)14-30-25-31-19-13-16(26)8-9-21(19)34-25)24(33)22-17(6-2-7-18(22)27)23-28-10-4-11-29-23/h2,4,6-11,13,15,20H,3,5,12,14H2,1H3,(H,30,31)/t15-,20-/m1/s1. The molecule has 0 spiro atoms. The minimum atomic E-state index is -0.587. The van der Waals surface area contributed by atoms with Gasteiger partial charge in [0.15, 0.2) is 11.4 Å².